The number of hydrogen-bond donors (Lipinski definition) is 2. The largest absolute Gasteiger partial charge is 0.508 e. The van der Waals surface area contributed by atoms with Gasteiger partial charge < -0.3 is 10.4 Å². The molecule has 0 saturated carbocycles. The Labute approximate surface area is 170 Å². The highest BCUT2D eigenvalue weighted by Gasteiger charge is 2.14. The van der Waals surface area contributed by atoms with Gasteiger partial charge in [-0.1, -0.05) is 16.6 Å². The van der Waals surface area contributed by atoms with Crippen LogP contribution in [0.2, 0.25) is 0 Å². The van der Waals surface area contributed by atoms with Gasteiger partial charge in [0.25, 0.3) is 5.91 Å². The molecule has 3 heterocycles. The number of benzene rings is 1. The number of nitrogens with zero attached hydrogens (tertiary/aromatic N) is 6. The predicted molar refractivity (Wildman–Crippen MR) is 107 cm³/mol. The molecule has 4 aromatic rings. The van der Waals surface area contributed by atoms with Crippen LogP contribution in [0.3, 0.4) is 0 Å². The molecular weight excluding hydrogens is 390 g/mol. The Balaban J connectivity index is 1.42. The van der Waals surface area contributed by atoms with Crippen LogP contribution in [0.15, 0.2) is 42.6 Å². The predicted octanol–water partition coefficient (Wildman–Crippen LogP) is 2.43. The molecule has 0 bridgehead atoms. The van der Waals surface area contributed by atoms with Gasteiger partial charge in [0.05, 0.1) is 24.1 Å². The van der Waals surface area contributed by atoms with Gasteiger partial charge in [-0.25, -0.2) is 4.68 Å². The zero-order valence-electron chi connectivity index (χ0n) is 15.7. The Kier molecular flexibility index (Phi) is 5.00. The number of rotatable bonds is 5. The molecule has 0 saturated heterocycles. The van der Waals surface area contributed by atoms with Gasteiger partial charge in [-0.05, 0) is 50.2 Å². The molecule has 2 N–H and O–H groups in total. The Hall–Kier alpha value is -3.66. The van der Waals surface area contributed by atoms with E-state index in [-0.39, 0.29) is 23.9 Å². The molecule has 146 valence electrons. The van der Waals surface area contributed by atoms with Gasteiger partial charge in [0, 0.05) is 11.3 Å². The molecule has 9 nitrogen and oxygen atoms in total. The molecule has 3 aromatic heterocycles. The maximum absolute atomic E-state index is 12.4. The topological polar surface area (TPSA) is 119 Å². The summed E-state index contributed by atoms with van der Waals surface area (Å²) in [6.07, 6.45) is 1.57. The van der Waals surface area contributed by atoms with Crippen molar-refractivity contribution in [1.29, 1.82) is 0 Å². The van der Waals surface area contributed by atoms with Gasteiger partial charge >= 0.3 is 0 Å². The number of aryl methyl sites for hydroxylation is 2. The van der Waals surface area contributed by atoms with Crippen molar-refractivity contribution in [3.8, 4) is 22.0 Å². The normalized spacial score (nSPS) is 10.8. The summed E-state index contributed by atoms with van der Waals surface area (Å²) >= 11 is 1.37. The van der Waals surface area contributed by atoms with Gasteiger partial charge in [0.2, 0.25) is 0 Å². The van der Waals surface area contributed by atoms with E-state index >= 15 is 0 Å². The van der Waals surface area contributed by atoms with Crippen LogP contribution in [-0.2, 0) is 6.54 Å². The molecule has 29 heavy (non-hydrogen) atoms. The van der Waals surface area contributed by atoms with Crippen molar-refractivity contribution in [1.82, 2.24) is 35.5 Å². The maximum Gasteiger partial charge on any atom is 0.273 e. The number of aromatic hydroxyl groups is 1. The van der Waals surface area contributed by atoms with Gasteiger partial charge in [-0.15, -0.1) is 15.3 Å². The summed E-state index contributed by atoms with van der Waals surface area (Å²) in [6.45, 7) is 4.02. The van der Waals surface area contributed by atoms with Gasteiger partial charge in [-0.2, -0.15) is 0 Å². The standard InChI is InChI=1S/C19H17N7O2S/c1-11-3-8-16(12(2)21-11)26-10-15(22-25-26)18(28)20-9-17-23-24-19(29-17)13-4-6-14(27)7-5-13/h3-8,10,27H,9H2,1-2H3,(H,20,28). The van der Waals surface area contributed by atoms with Crippen LogP contribution in [0.1, 0.15) is 26.9 Å². The Morgan fingerprint density at radius 2 is 1.90 bits per heavy atom. The summed E-state index contributed by atoms with van der Waals surface area (Å²) in [5.74, 6) is -0.161. The van der Waals surface area contributed by atoms with Gasteiger partial charge in [0.1, 0.15) is 15.8 Å². The van der Waals surface area contributed by atoms with Crippen LogP contribution >= 0.6 is 11.3 Å². The van der Waals surface area contributed by atoms with Crippen LogP contribution in [0.4, 0.5) is 0 Å². The smallest absolute Gasteiger partial charge is 0.273 e. The summed E-state index contributed by atoms with van der Waals surface area (Å²) in [4.78, 5) is 16.8. The van der Waals surface area contributed by atoms with Crippen molar-refractivity contribution in [3.63, 3.8) is 0 Å². The molecule has 4 rings (SSSR count). The molecule has 0 aliphatic heterocycles. The average molecular weight is 407 g/mol. The SMILES string of the molecule is Cc1ccc(-n2cc(C(=O)NCc3nnc(-c4ccc(O)cc4)s3)nn2)c(C)n1. The van der Waals surface area contributed by atoms with Crippen molar-refractivity contribution in [3.05, 3.63) is 64.7 Å². The third kappa shape index (κ3) is 4.11. The number of phenols is 1. The van der Waals surface area contributed by atoms with E-state index < -0.39 is 0 Å². The number of nitrogens with one attached hydrogen (secondary N) is 1. The van der Waals surface area contributed by atoms with Crippen molar-refractivity contribution < 1.29 is 9.90 Å². The van der Waals surface area contributed by atoms with E-state index in [2.05, 4.69) is 30.8 Å². The highest BCUT2D eigenvalue weighted by molar-refractivity contribution is 7.14. The van der Waals surface area contributed by atoms with Crippen molar-refractivity contribution in [2.24, 2.45) is 0 Å². The second-order valence-corrected chi connectivity index (χ2v) is 7.40. The number of hydrogen-bond acceptors (Lipinski definition) is 8. The summed E-state index contributed by atoms with van der Waals surface area (Å²) in [7, 11) is 0. The first-order valence-electron chi connectivity index (χ1n) is 8.76. The Morgan fingerprint density at radius 1 is 1.10 bits per heavy atom. The molecule has 0 radical (unpaired) electrons. The van der Waals surface area contributed by atoms with Crippen molar-refractivity contribution in [2.45, 2.75) is 20.4 Å². The van der Waals surface area contributed by atoms with Crippen LogP contribution < -0.4 is 5.32 Å². The third-order valence-corrected chi connectivity index (χ3v) is 5.12. The minimum atomic E-state index is -0.352. The number of carbonyl (C=O) groups is 1. The zero-order chi connectivity index (χ0) is 20.4. The lowest BCUT2D eigenvalue weighted by molar-refractivity contribution is 0.0945. The number of amides is 1. The zero-order valence-corrected chi connectivity index (χ0v) is 16.5. The molecule has 0 aliphatic carbocycles. The fourth-order valence-corrected chi connectivity index (χ4v) is 3.48. The molecule has 1 aromatic carbocycles. The lowest BCUT2D eigenvalue weighted by Gasteiger charge is -2.04. The summed E-state index contributed by atoms with van der Waals surface area (Å²) in [5, 5.41) is 29.7. The minimum Gasteiger partial charge on any atom is -0.508 e. The molecule has 0 unspecified atom stereocenters. The number of phenolic OH excluding ortho intramolecular Hbond substituents is 1. The first kappa shape index (κ1) is 18.7. The summed E-state index contributed by atoms with van der Waals surface area (Å²) < 4.78 is 1.53. The van der Waals surface area contributed by atoms with E-state index in [1.165, 1.54) is 16.0 Å². The maximum atomic E-state index is 12.4. The number of pyridine rings is 1. The summed E-state index contributed by atoms with van der Waals surface area (Å²) in [6, 6.07) is 10.5. The van der Waals surface area contributed by atoms with Crippen LogP contribution in [0.25, 0.3) is 16.3 Å². The van der Waals surface area contributed by atoms with Crippen LogP contribution in [-0.4, -0.2) is 41.2 Å². The van der Waals surface area contributed by atoms with Gasteiger partial charge in [0.15, 0.2) is 5.69 Å². The quantitative estimate of drug-likeness (QED) is 0.521. The lowest BCUT2D eigenvalue weighted by atomic mass is 10.2. The minimum absolute atomic E-state index is 0.190. The second kappa shape index (κ2) is 7.76. The molecular formula is C19H17N7O2S. The fourth-order valence-electron chi connectivity index (χ4n) is 2.70. The number of carbonyl (C=O) groups excluding carboxylic acids is 1. The molecule has 10 heteroatoms. The molecule has 1 amide bonds. The fraction of sp³-hybridized carbons (Fsp3) is 0.158. The first-order valence-corrected chi connectivity index (χ1v) is 9.58. The van der Waals surface area contributed by atoms with Crippen LogP contribution in [0, 0.1) is 13.8 Å². The van der Waals surface area contributed by atoms with Crippen LogP contribution in [0.5, 0.6) is 5.75 Å². The van der Waals surface area contributed by atoms with E-state index in [0.29, 0.717) is 10.0 Å². The molecule has 0 atom stereocenters. The van der Waals surface area contributed by atoms with Gasteiger partial charge in [-0.3, -0.25) is 9.78 Å². The second-order valence-electron chi connectivity index (χ2n) is 6.34. The average Bonchev–Trinajstić information content (AvgIpc) is 3.37. The molecule has 0 fully saturated rings. The highest BCUT2D eigenvalue weighted by atomic mass is 32.1. The van der Waals surface area contributed by atoms with Crippen molar-refractivity contribution in [2.75, 3.05) is 0 Å². The highest BCUT2D eigenvalue weighted by Crippen LogP contribution is 2.25. The lowest BCUT2D eigenvalue weighted by Crippen LogP contribution is -2.23. The Morgan fingerprint density at radius 3 is 2.66 bits per heavy atom. The van der Waals surface area contributed by atoms with E-state index in [9.17, 15) is 9.90 Å². The van der Waals surface area contributed by atoms with E-state index in [1.54, 1.807) is 30.5 Å². The van der Waals surface area contributed by atoms with E-state index in [0.717, 1.165) is 22.6 Å². The molecule has 0 aliphatic rings. The number of aromatic nitrogens is 6. The monoisotopic (exact) mass is 407 g/mol. The Bertz CT molecular complexity index is 1170. The first-order chi connectivity index (χ1) is 14.0. The van der Waals surface area contributed by atoms with E-state index in [4.69, 9.17) is 0 Å². The van der Waals surface area contributed by atoms with E-state index in [1.807, 2.05) is 26.0 Å². The van der Waals surface area contributed by atoms with Crippen molar-refractivity contribution >= 4 is 17.2 Å². The third-order valence-electron chi connectivity index (χ3n) is 4.15. The molecule has 0 spiro atoms. The summed E-state index contributed by atoms with van der Waals surface area (Å²) in [5.41, 5.74) is 3.53.